The summed E-state index contributed by atoms with van der Waals surface area (Å²) in [5, 5.41) is 4.25. The number of rotatable bonds is 3. The number of nitrogens with zero attached hydrogens (tertiary/aromatic N) is 3. The van der Waals surface area contributed by atoms with Crippen LogP contribution < -0.4 is 19.9 Å². The first-order valence-electron chi connectivity index (χ1n) is 9.84. The molecular formula is C21H24N4O3S. The number of aromatic nitrogens is 1. The molecule has 0 spiro atoms. The molecule has 2 aliphatic heterocycles. The van der Waals surface area contributed by atoms with Crippen LogP contribution in [-0.2, 0) is 10.0 Å². The molecule has 0 aliphatic carbocycles. The highest BCUT2D eigenvalue weighted by atomic mass is 32.2. The Bertz CT molecular complexity index is 1170. The maximum Gasteiger partial charge on any atom is 0.268 e. The summed E-state index contributed by atoms with van der Waals surface area (Å²) in [7, 11) is -1.78. The lowest BCUT2D eigenvalue weighted by atomic mass is 10.2. The van der Waals surface area contributed by atoms with Crippen molar-refractivity contribution in [3.63, 3.8) is 0 Å². The van der Waals surface area contributed by atoms with Crippen molar-refractivity contribution in [1.29, 1.82) is 0 Å². The predicted molar refractivity (Wildman–Crippen MR) is 115 cm³/mol. The Morgan fingerprint density at radius 3 is 2.66 bits per heavy atom. The Morgan fingerprint density at radius 1 is 1.00 bits per heavy atom. The van der Waals surface area contributed by atoms with E-state index in [9.17, 15) is 8.42 Å². The third kappa shape index (κ3) is 3.12. The van der Waals surface area contributed by atoms with Crippen LogP contribution in [0, 0.1) is 0 Å². The summed E-state index contributed by atoms with van der Waals surface area (Å²) in [4.78, 5) is 4.57. The number of ether oxygens (including phenoxy) is 1. The molecule has 0 bridgehead atoms. The van der Waals surface area contributed by atoms with Gasteiger partial charge in [0.25, 0.3) is 10.0 Å². The van der Waals surface area contributed by atoms with Crippen molar-refractivity contribution in [1.82, 2.24) is 9.29 Å². The smallest absolute Gasteiger partial charge is 0.268 e. The highest BCUT2D eigenvalue weighted by molar-refractivity contribution is 7.90. The average molecular weight is 413 g/mol. The van der Waals surface area contributed by atoms with Crippen molar-refractivity contribution >= 4 is 32.3 Å². The lowest BCUT2D eigenvalue weighted by molar-refractivity contribution is 0.311. The van der Waals surface area contributed by atoms with Crippen molar-refractivity contribution in [2.75, 3.05) is 56.2 Å². The zero-order valence-electron chi connectivity index (χ0n) is 16.3. The van der Waals surface area contributed by atoms with Crippen LogP contribution in [0.15, 0.2) is 53.6 Å². The molecule has 2 aromatic carbocycles. The van der Waals surface area contributed by atoms with Crippen molar-refractivity contribution in [3.05, 3.63) is 48.7 Å². The van der Waals surface area contributed by atoms with Crippen LogP contribution >= 0.6 is 0 Å². The third-order valence-corrected chi connectivity index (χ3v) is 7.39. The SMILES string of the molecule is CN1CCOc2ccc(S(=O)(=O)n3ccc4ccc(N5CCNCC5)cc43)cc21. The Morgan fingerprint density at radius 2 is 1.83 bits per heavy atom. The molecule has 152 valence electrons. The summed E-state index contributed by atoms with van der Waals surface area (Å²) >= 11 is 0. The Hall–Kier alpha value is -2.71. The zero-order chi connectivity index (χ0) is 20.0. The zero-order valence-corrected chi connectivity index (χ0v) is 17.2. The number of anilines is 2. The van der Waals surface area contributed by atoms with Gasteiger partial charge in [0.15, 0.2) is 0 Å². The predicted octanol–water partition coefficient (Wildman–Crippen LogP) is 2.12. The van der Waals surface area contributed by atoms with Crippen LogP contribution in [0.25, 0.3) is 10.9 Å². The second kappa shape index (κ2) is 6.96. The molecule has 8 heteroatoms. The molecule has 5 rings (SSSR count). The Labute approximate surface area is 170 Å². The van der Waals surface area contributed by atoms with Gasteiger partial charge >= 0.3 is 0 Å². The molecule has 1 fully saturated rings. The number of piperazine rings is 1. The number of hydrogen-bond donors (Lipinski definition) is 1. The molecule has 0 unspecified atom stereocenters. The first-order chi connectivity index (χ1) is 14.0. The summed E-state index contributed by atoms with van der Waals surface area (Å²) in [5.41, 5.74) is 2.55. The fourth-order valence-electron chi connectivity index (χ4n) is 4.03. The van der Waals surface area contributed by atoms with Crippen LogP contribution in [0.4, 0.5) is 11.4 Å². The van der Waals surface area contributed by atoms with E-state index in [1.807, 2.05) is 30.1 Å². The minimum absolute atomic E-state index is 0.263. The number of fused-ring (bicyclic) bond motifs is 2. The maximum atomic E-state index is 13.5. The van der Waals surface area contributed by atoms with E-state index in [4.69, 9.17) is 4.74 Å². The van der Waals surface area contributed by atoms with E-state index in [1.165, 1.54) is 3.97 Å². The molecule has 29 heavy (non-hydrogen) atoms. The monoisotopic (exact) mass is 412 g/mol. The van der Waals surface area contributed by atoms with E-state index in [0.717, 1.165) is 55.2 Å². The van der Waals surface area contributed by atoms with E-state index in [0.29, 0.717) is 12.1 Å². The van der Waals surface area contributed by atoms with Gasteiger partial charge in [0, 0.05) is 50.5 Å². The molecule has 1 aromatic heterocycles. The highest BCUT2D eigenvalue weighted by Gasteiger charge is 2.24. The number of likely N-dealkylation sites (N-methyl/N-ethyl adjacent to an activating group) is 1. The molecule has 0 amide bonds. The number of nitrogens with one attached hydrogen (secondary N) is 1. The fourth-order valence-corrected chi connectivity index (χ4v) is 5.39. The van der Waals surface area contributed by atoms with E-state index in [2.05, 4.69) is 16.3 Å². The van der Waals surface area contributed by atoms with Crippen molar-refractivity contribution < 1.29 is 13.2 Å². The van der Waals surface area contributed by atoms with Crippen LogP contribution in [0.2, 0.25) is 0 Å². The van der Waals surface area contributed by atoms with Gasteiger partial charge in [0.05, 0.1) is 22.6 Å². The summed E-state index contributed by atoms with van der Waals surface area (Å²) in [6.45, 7) is 5.03. The summed E-state index contributed by atoms with van der Waals surface area (Å²) in [6.07, 6.45) is 1.64. The van der Waals surface area contributed by atoms with E-state index < -0.39 is 10.0 Å². The molecule has 3 heterocycles. The van der Waals surface area contributed by atoms with Crippen LogP contribution in [0.3, 0.4) is 0 Å². The van der Waals surface area contributed by atoms with Crippen LogP contribution in [0.5, 0.6) is 5.75 Å². The molecule has 3 aromatic rings. The Kier molecular flexibility index (Phi) is 4.40. The fraction of sp³-hybridized carbons (Fsp3) is 0.333. The molecular weight excluding hydrogens is 388 g/mol. The van der Waals surface area contributed by atoms with Crippen molar-refractivity contribution in [2.24, 2.45) is 0 Å². The van der Waals surface area contributed by atoms with Gasteiger partial charge < -0.3 is 19.9 Å². The maximum absolute atomic E-state index is 13.5. The Balaban J connectivity index is 1.58. The van der Waals surface area contributed by atoms with E-state index in [1.54, 1.807) is 24.4 Å². The normalized spacial score (nSPS) is 17.3. The van der Waals surface area contributed by atoms with Gasteiger partial charge in [0.2, 0.25) is 0 Å². The second-order valence-corrected chi connectivity index (χ2v) is 9.31. The summed E-state index contributed by atoms with van der Waals surface area (Å²) in [5.74, 6) is 0.719. The minimum atomic E-state index is -3.72. The topological polar surface area (TPSA) is 66.8 Å². The lowest BCUT2D eigenvalue weighted by Gasteiger charge is -2.29. The average Bonchev–Trinajstić information content (AvgIpc) is 3.18. The van der Waals surface area contributed by atoms with E-state index in [-0.39, 0.29) is 4.90 Å². The standard InChI is InChI=1S/C21H24N4O3S/c1-23-12-13-28-21-5-4-18(15-20(21)23)29(26,27)25-9-6-16-2-3-17(14-19(16)25)24-10-7-22-8-11-24/h2-6,9,14-15,22H,7-8,10-13H2,1H3. The molecule has 1 N–H and O–H groups in total. The van der Waals surface area contributed by atoms with Crippen LogP contribution in [-0.4, -0.2) is 58.8 Å². The molecule has 2 aliphatic rings. The second-order valence-electron chi connectivity index (χ2n) is 7.50. The van der Waals surface area contributed by atoms with Gasteiger partial charge in [-0.2, -0.15) is 0 Å². The highest BCUT2D eigenvalue weighted by Crippen LogP contribution is 2.34. The van der Waals surface area contributed by atoms with Crippen molar-refractivity contribution in [3.8, 4) is 5.75 Å². The van der Waals surface area contributed by atoms with Crippen molar-refractivity contribution in [2.45, 2.75) is 4.90 Å². The third-order valence-electron chi connectivity index (χ3n) is 5.71. The van der Waals surface area contributed by atoms with Gasteiger partial charge in [-0.25, -0.2) is 12.4 Å². The lowest BCUT2D eigenvalue weighted by Crippen LogP contribution is -2.43. The first-order valence-corrected chi connectivity index (χ1v) is 11.3. The molecule has 0 radical (unpaired) electrons. The quantitative estimate of drug-likeness (QED) is 0.711. The molecule has 0 atom stereocenters. The van der Waals surface area contributed by atoms with Gasteiger partial charge in [-0.3, -0.25) is 0 Å². The summed E-state index contributed by atoms with van der Waals surface area (Å²) < 4.78 is 34.0. The first kappa shape index (κ1) is 18.3. The van der Waals surface area contributed by atoms with Gasteiger partial charge in [-0.15, -0.1) is 0 Å². The van der Waals surface area contributed by atoms with Crippen LogP contribution in [0.1, 0.15) is 0 Å². The molecule has 7 nitrogen and oxygen atoms in total. The largest absolute Gasteiger partial charge is 0.490 e. The summed E-state index contributed by atoms with van der Waals surface area (Å²) in [6, 6.07) is 13.0. The van der Waals surface area contributed by atoms with Gasteiger partial charge in [-0.1, -0.05) is 6.07 Å². The van der Waals surface area contributed by atoms with Gasteiger partial charge in [0.1, 0.15) is 12.4 Å². The number of benzene rings is 2. The van der Waals surface area contributed by atoms with Gasteiger partial charge in [-0.05, 0) is 36.4 Å². The van der Waals surface area contributed by atoms with E-state index >= 15 is 0 Å². The molecule has 0 saturated carbocycles. The molecule has 1 saturated heterocycles. The number of hydrogen-bond acceptors (Lipinski definition) is 6. The minimum Gasteiger partial charge on any atom is -0.490 e.